The predicted molar refractivity (Wildman–Crippen MR) is 60.6 cm³/mol. The minimum absolute atomic E-state index is 0.0771. The van der Waals surface area contributed by atoms with Crippen molar-refractivity contribution in [2.24, 2.45) is 5.92 Å². The summed E-state index contributed by atoms with van der Waals surface area (Å²) < 4.78 is 0. The van der Waals surface area contributed by atoms with E-state index in [0.717, 1.165) is 12.8 Å². The van der Waals surface area contributed by atoms with Crippen molar-refractivity contribution in [3.8, 4) is 0 Å². The summed E-state index contributed by atoms with van der Waals surface area (Å²) in [6, 6.07) is 0.694. The molecule has 4 atom stereocenters. The van der Waals surface area contributed by atoms with Gasteiger partial charge >= 0.3 is 0 Å². The lowest BCUT2D eigenvalue weighted by Crippen LogP contribution is -2.60. The Balaban J connectivity index is 1.84. The molecule has 2 saturated heterocycles. The number of aliphatic hydroxyl groups is 1. The van der Waals surface area contributed by atoms with E-state index in [1.165, 1.54) is 32.1 Å². The average molecular weight is 207 g/mol. The fraction of sp³-hybridized carbons (Fsp3) is 0.846. The smallest absolute Gasteiger partial charge is 0.0725 e. The summed E-state index contributed by atoms with van der Waals surface area (Å²) in [6.07, 6.45) is 12.8. The molecule has 2 heterocycles. The third-order valence-electron chi connectivity index (χ3n) is 4.76. The van der Waals surface area contributed by atoms with Crippen LogP contribution in [0.4, 0.5) is 0 Å². The molecular formula is C13H21NO. The molecule has 0 saturated carbocycles. The van der Waals surface area contributed by atoms with Crippen molar-refractivity contribution in [2.45, 2.75) is 62.6 Å². The fourth-order valence-electron chi connectivity index (χ4n) is 3.89. The molecule has 0 aromatic rings. The Morgan fingerprint density at radius 3 is 2.87 bits per heavy atom. The van der Waals surface area contributed by atoms with Crippen LogP contribution in [0.1, 0.15) is 44.9 Å². The molecule has 84 valence electrons. The lowest BCUT2D eigenvalue weighted by molar-refractivity contribution is 0.00117. The summed E-state index contributed by atoms with van der Waals surface area (Å²) in [5.41, 5.74) is 0.0771. The highest BCUT2D eigenvalue weighted by atomic mass is 16.3. The predicted octanol–water partition coefficient (Wildman–Crippen LogP) is 1.99. The molecule has 0 amide bonds. The number of aliphatic hydroxyl groups excluding tert-OH is 1. The summed E-state index contributed by atoms with van der Waals surface area (Å²) in [6.45, 7) is 0. The monoisotopic (exact) mass is 207 g/mol. The molecule has 0 radical (unpaired) electrons. The second-order valence-corrected chi connectivity index (χ2v) is 5.49. The fourth-order valence-corrected chi connectivity index (χ4v) is 3.89. The van der Waals surface area contributed by atoms with E-state index >= 15 is 0 Å². The van der Waals surface area contributed by atoms with Gasteiger partial charge in [-0.25, -0.2) is 0 Å². The molecule has 0 spiro atoms. The highest BCUT2D eigenvalue weighted by molar-refractivity contribution is 5.12. The van der Waals surface area contributed by atoms with Gasteiger partial charge in [0.15, 0.2) is 0 Å². The molecule has 1 aliphatic carbocycles. The number of hydrogen-bond acceptors (Lipinski definition) is 2. The molecular weight excluding hydrogens is 186 g/mol. The van der Waals surface area contributed by atoms with Gasteiger partial charge in [-0.05, 0) is 50.9 Å². The lowest BCUT2D eigenvalue weighted by Gasteiger charge is -2.45. The number of allylic oxidation sites excluding steroid dienone is 2. The molecule has 0 aromatic carbocycles. The highest BCUT2D eigenvalue weighted by Gasteiger charge is 2.51. The quantitative estimate of drug-likeness (QED) is 0.644. The van der Waals surface area contributed by atoms with Crippen molar-refractivity contribution >= 4 is 0 Å². The van der Waals surface area contributed by atoms with Crippen LogP contribution in [0.3, 0.4) is 0 Å². The molecule has 0 aromatic heterocycles. The zero-order valence-corrected chi connectivity index (χ0v) is 9.28. The Morgan fingerprint density at radius 1 is 1.13 bits per heavy atom. The van der Waals surface area contributed by atoms with E-state index in [1.54, 1.807) is 0 Å². The number of hydrogen-bond donors (Lipinski definition) is 2. The van der Waals surface area contributed by atoms with Crippen molar-refractivity contribution in [2.75, 3.05) is 0 Å². The first-order chi connectivity index (χ1) is 7.31. The van der Waals surface area contributed by atoms with Gasteiger partial charge in [0, 0.05) is 11.6 Å². The SMILES string of the molecule is OC1CCC2CCC1(C1CC=CCC1)N2. The molecule has 2 aliphatic heterocycles. The van der Waals surface area contributed by atoms with Crippen LogP contribution >= 0.6 is 0 Å². The van der Waals surface area contributed by atoms with Crippen LogP contribution < -0.4 is 5.32 Å². The van der Waals surface area contributed by atoms with Crippen LogP contribution in [0.15, 0.2) is 12.2 Å². The van der Waals surface area contributed by atoms with Gasteiger partial charge in [-0.1, -0.05) is 12.2 Å². The first-order valence-electron chi connectivity index (χ1n) is 6.42. The van der Waals surface area contributed by atoms with Gasteiger partial charge in [-0.3, -0.25) is 0 Å². The number of rotatable bonds is 1. The van der Waals surface area contributed by atoms with Gasteiger partial charge < -0.3 is 10.4 Å². The van der Waals surface area contributed by atoms with E-state index in [2.05, 4.69) is 17.5 Å². The summed E-state index contributed by atoms with van der Waals surface area (Å²) in [7, 11) is 0. The Kier molecular flexibility index (Phi) is 2.37. The molecule has 2 heteroatoms. The van der Waals surface area contributed by atoms with Crippen LogP contribution in [0, 0.1) is 5.92 Å². The van der Waals surface area contributed by atoms with Crippen LogP contribution in [0.5, 0.6) is 0 Å². The van der Waals surface area contributed by atoms with Gasteiger partial charge in [0.25, 0.3) is 0 Å². The highest BCUT2D eigenvalue weighted by Crippen LogP contribution is 2.44. The van der Waals surface area contributed by atoms with E-state index in [4.69, 9.17) is 0 Å². The number of fused-ring (bicyclic) bond motifs is 2. The molecule has 4 unspecified atom stereocenters. The van der Waals surface area contributed by atoms with Crippen molar-refractivity contribution in [3.63, 3.8) is 0 Å². The minimum atomic E-state index is -0.104. The maximum atomic E-state index is 10.3. The van der Waals surface area contributed by atoms with Crippen LogP contribution in [0.25, 0.3) is 0 Å². The van der Waals surface area contributed by atoms with Gasteiger partial charge in [-0.15, -0.1) is 0 Å². The number of nitrogens with one attached hydrogen (secondary N) is 1. The maximum Gasteiger partial charge on any atom is 0.0725 e. The van der Waals surface area contributed by atoms with Gasteiger partial charge in [0.1, 0.15) is 0 Å². The first kappa shape index (κ1) is 9.86. The van der Waals surface area contributed by atoms with Crippen molar-refractivity contribution in [3.05, 3.63) is 12.2 Å². The molecule has 2 nitrogen and oxygen atoms in total. The topological polar surface area (TPSA) is 32.3 Å². The molecule has 3 aliphatic rings. The third-order valence-corrected chi connectivity index (χ3v) is 4.76. The standard InChI is InChI=1S/C13H21NO/c15-12-7-6-11-8-9-13(12,14-11)10-4-2-1-3-5-10/h1-2,10-12,14-15H,3-9H2. The Labute approximate surface area is 91.8 Å². The second kappa shape index (κ2) is 3.60. The molecule has 2 N–H and O–H groups in total. The Morgan fingerprint density at radius 2 is 2.07 bits per heavy atom. The molecule has 2 fully saturated rings. The summed E-state index contributed by atoms with van der Waals surface area (Å²) >= 11 is 0. The molecule has 15 heavy (non-hydrogen) atoms. The summed E-state index contributed by atoms with van der Waals surface area (Å²) in [4.78, 5) is 0. The zero-order chi connectivity index (χ0) is 10.3. The van der Waals surface area contributed by atoms with Gasteiger partial charge in [-0.2, -0.15) is 0 Å². The Bertz CT molecular complexity index is 276. The van der Waals surface area contributed by atoms with E-state index in [1.807, 2.05) is 0 Å². The summed E-state index contributed by atoms with van der Waals surface area (Å²) in [5.74, 6) is 0.669. The van der Waals surface area contributed by atoms with Crippen LogP contribution in [0.2, 0.25) is 0 Å². The summed E-state index contributed by atoms with van der Waals surface area (Å²) in [5, 5.41) is 14.1. The van der Waals surface area contributed by atoms with E-state index in [0.29, 0.717) is 12.0 Å². The van der Waals surface area contributed by atoms with Crippen LogP contribution in [-0.4, -0.2) is 22.8 Å². The lowest BCUT2D eigenvalue weighted by atomic mass is 9.71. The van der Waals surface area contributed by atoms with Gasteiger partial charge in [0.2, 0.25) is 0 Å². The number of piperidine rings is 1. The van der Waals surface area contributed by atoms with Gasteiger partial charge in [0.05, 0.1) is 6.10 Å². The molecule has 2 bridgehead atoms. The van der Waals surface area contributed by atoms with Crippen molar-refractivity contribution in [1.82, 2.24) is 5.32 Å². The third kappa shape index (κ3) is 1.46. The average Bonchev–Trinajstić information content (AvgIpc) is 2.66. The van der Waals surface area contributed by atoms with E-state index < -0.39 is 0 Å². The maximum absolute atomic E-state index is 10.3. The molecule has 3 rings (SSSR count). The minimum Gasteiger partial charge on any atom is -0.391 e. The van der Waals surface area contributed by atoms with E-state index in [9.17, 15) is 5.11 Å². The largest absolute Gasteiger partial charge is 0.391 e. The Hall–Kier alpha value is -0.340. The van der Waals surface area contributed by atoms with Crippen molar-refractivity contribution in [1.29, 1.82) is 0 Å². The van der Waals surface area contributed by atoms with Crippen LogP contribution in [-0.2, 0) is 0 Å². The zero-order valence-electron chi connectivity index (χ0n) is 9.28. The first-order valence-corrected chi connectivity index (χ1v) is 6.42. The second-order valence-electron chi connectivity index (χ2n) is 5.49. The normalized spacial score (nSPS) is 49.5. The van der Waals surface area contributed by atoms with Crippen molar-refractivity contribution < 1.29 is 5.11 Å². The van der Waals surface area contributed by atoms with E-state index in [-0.39, 0.29) is 11.6 Å².